The van der Waals surface area contributed by atoms with E-state index in [1.165, 1.54) is 3.57 Å². The molecule has 0 amide bonds. The van der Waals surface area contributed by atoms with Crippen molar-refractivity contribution in [3.05, 3.63) is 51.4 Å². The maximum atomic E-state index is 5.23. The molecule has 0 saturated carbocycles. The van der Waals surface area contributed by atoms with Gasteiger partial charge in [0, 0.05) is 27.1 Å². The van der Waals surface area contributed by atoms with E-state index >= 15 is 0 Å². The zero-order valence-corrected chi connectivity index (χ0v) is 12.6. The molecule has 94 valence electrons. The Kier molecular flexibility index (Phi) is 4.41. The van der Waals surface area contributed by atoms with Crippen molar-refractivity contribution >= 4 is 28.3 Å². The van der Waals surface area contributed by atoms with Crippen LogP contribution in [0.3, 0.4) is 0 Å². The minimum atomic E-state index is 0.693. The quantitative estimate of drug-likeness (QED) is 0.852. The number of ether oxygens (including phenoxy) is 1. The van der Waals surface area contributed by atoms with Crippen LogP contribution in [0.5, 0.6) is 5.75 Å². The molecule has 1 aromatic carbocycles. The van der Waals surface area contributed by atoms with Gasteiger partial charge in [-0.2, -0.15) is 0 Å². The molecule has 0 atom stereocenters. The molecule has 0 aliphatic carbocycles. The Morgan fingerprint density at radius 3 is 2.61 bits per heavy atom. The highest BCUT2D eigenvalue weighted by molar-refractivity contribution is 14.1. The van der Waals surface area contributed by atoms with E-state index in [-0.39, 0.29) is 0 Å². The minimum absolute atomic E-state index is 0.693. The molecular formula is C14H15IN2O. The van der Waals surface area contributed by atoms with Crippen LogP contribution in [0.25, 0.3) is 0 Å². The van der Waals surface area contributed by atoms with Gasteiger partial charge in [0.2, 0.25) is 0 Å². The Labute approximate surface area is 121 Å². The Bertz CT molecular complexity index is 526. The summed E-state index contributed by atoms with van der Waals surface area (Å²) in [5.74, 6) is 0.849. The summed E-state index contributed by atoms with van der Waals surface area (Å²) >= 11 is 2.29. The molecule has 18 heavy (non-hydrogen) atoms. The molecule has 1 N–H and O–H groups in total. The monoisotopic (exact) mass is 354 g/mol. The first-order chi connectivity index (χ1) is 8.67. The predicted octanol–water partition coefficient (Wildman–Crippen LogP) is 3.62. The number of rotatable bonds is 4. The van der Waals surface area contributed by atoms with Gasteiger partial charge >= 0.3 is 0 Å². The number of methoxy groups -OCH3 is 1. The smallest absolute Gasteiger partial charge is 0.122 e. The summed E-state index contributed by atoms with van der Waals surface area (Å²) in [6.07, 6.45) is 0. The maximum absolute atomic E-state index is 5.23. The van der Waals surface area contributed by atoms with E-state index in [9.17, 15) is 0 Å². The SMILES string of the molecule is COc1cc(C)nc(CNc2ccc(I)cc2)c1. The molecule has 0 radical (unpaired) electrons. The number of pyridine rings is 1. The van der Waals surface area contributed by atoms with Crippen LogP contribution in [0.15, 0.2) is 36.4 Å². The topological polar surface area (TPSA) is 34.1 Å². The molecule has 0 saturated heterocycles. The van der Waals surface area contributed by atoms with Crippen LogP contribution in [0, 0.1) is 10.5 Å². The second-order valence-corrected chi connectivity index (χ2v) is 5.25. The van der Waals surface area contributed by atoms with Crippen LogP contribution in [0.2, 0.25) is 0 Å². The Balaban J connectivity index is 2.05. The van der Waals surface area contributed by atoms with Crippen LogP contribution >= 0.6 is 22.6 Å². The molecular weight excluding hydrogens is 339 g/mol. The number of nitrogens with zero attached hydrogens (tertiary/aromatic N) is 1. The second kappa shape index (κ2) is 6.04. The van der Waals surface area contributed by atoms with E-state index in [1.54, 1.807) is 7.11 Å². The first kappa shape index (κ1) is 13.1. The highest BCUT2D eigenvalue weighted by Crippen LogP contribution is 2.15. The number of nitrogens with one attached hydrogen (secondary N) is 1. The number of halogens is 1. The van der Waals surface area contributed by atoms with E-state index in [0.717, 1.165) is 22.8 Å². The van der Waals surface area contributed by atoms with Crippen molar-refractivity contribution in [3.8, 4) is 5.75 Å². The summed E-state index contributed by atoms with van der Waals surface area (Å²) in [7, 11) is 1.67. The second-order valence-electron chi connectivity index (χ2n) is 4.00. The van der Waals surface area contributed by atoms with Gasteiger partial charge in [-0.3, -0.25) is 4.98 Å². The molecule has 4 heteroatoms. The molecule has 2 aromatic rings. The van der Waals surface area contributed by atoms with E-state index < -0.39 is 0 Å². The molecule has 0 bridgehead atoms. The predicted molar refractivity (Wildman–Crippen MR) is 82.0 cm³/mol. The Hall–Kier alpha value is -1.30. The number of aryl methyl sites for hydroxylation is 1. The molecule has 0 spiro atoms. The van der Waals surface area contributed by atoms with Crippen molar-refractivity contribution in [2.24, 2.45) is 0 Å². The van der Waals surface area contributed by atoms with Crippen molar-refractivity contribution in [1.29, 1.82) is 0 Å². The highest BCUT2D eigenvalue weighted by Gasteiger charge is 2.00. The summed E-state index contributed by atoms with van der Waals surface area (Å²) in [4.78, 5) is 4.47. The van der Waals surface area contributed by atoms with Gasteiger partial charge in [-0.05, 0) is 53.8 Å². The van der Waals surface area contributed by atoms with Gasteiger partial charge in [-0.15, -0.1) is 0 Å². The first-order valence-corrected chi connectivity index (χ1v) is 6.76. The van der Waals surface area contributed by atoms with Gasteiger partial charge < -0.3 is 10.1 Å². The molecule has 3 nitrogen and oxygen atoms in total. The van der Waals surface area contributed by atoms with Gasteiger partial charge in [-0.1, -0.05) is 0 Å². The summed E-state index contributed by atoms with van der Waals surface area (Å²) in [6, 6.07) is 12.2. The fraction of sp³-hybridized carbons (Fsp3) is 0.214. The lowest BCUT2D eigenvalue weighted by Gasteiger charge is -2.08. The summed E-state index contributed by atoms with van der Waals surface area (Å²) < 4.78 is 6.46. The van der Waals surface area contributed by atoms with E-state index in [0.29, 0.717) is 6.54 Å². The van der Waals surface area contributed by atoms with E-state index in [2.05, 4.69) is 57.2 Å². The summed E-state index contributed by atoms with van der Waals surface area (Å²) in [6.45, 7) is 2.66. The number of hydrogen-bond donors (Lipinski definition) is 1. The Morgan fingerprint density at radius 1 is 1.22 bits per heavy atom. The fourth-order valence-corrected chi connectivity index (χ4v) is 2.03. The number of benzene rings is 1. The lowest BCUT2D eigenvalue weighted by Crippen LogP contribution is -2.03. The van der Waals surface area contributed by atoms with E-state index in [4.69, 9.17) is 4.74 Å². The highest BCUT2D eigenvalue weighted by atomic mass is 127. The van der Waals surface area contributed by atoms with Crippen molar-refractivity contribution in [1.82, 2.24) is 4.98 Å². The average molecular weight is 354 g/mol. The van der Waals surface area contributed by atoms with Gasteiger partial charge in [0.05, 0.1) is 19.3 Å². The molecule has 2 rings (SSSR count). The van der Waals surface area contributed by atoms with Crippen LogP contribution in [0.4, 0.5) is 5.69 Å². The summed E-state index contributed by atoms with van der Waals surface area (Å²) in [5, 5.41) is 3.35. The van der Waals surface area contributed by atoms with E-state index in [1.807, 2.05) is 19.1 Å². The third-order valence-electron chi connectivity index (χ3n) is 2.53. The molecule has 0 unspecified atom stereocenters. The molecule has 0 fully saturated rings. The van der Waals surface area contributed by atoms with Crippen molar-refractivity contribution < 1.29 is 4.74 Å². The first-order valence-electron chi connectivity index (χ1n) is 5.68. The lowest BCUT2D eigenvalue weighted by molar-refractivity contribution is 0.413. The normalized spacial score (nSPS) is 10.2. The third-order valence-corrected chi connectivity index (χ3v) is 3.25. The maximum Gasteiger partial charge on any atom is 0.122 e. The Morgan fingerprint density at radius 2 is 1.94 bits per heavy atom. The fourth-order valence-electron chi connectivity index (χ4n) is 1.67. The average Bonchev–Trinajstić information content (AvgIpc) is 2.37. The lowest BCUT2D eigenvalue weighted by atomic mass is 10.2. The van der Waals surface area contributed by atoms with Gasteiger partial charge in [0.1, 0.15) is 5.75 Å². The van der Waals surface area contributed by atoms with Crippen LogP contribution < -0.4 is 10.1 Å². The van der Waals surface area contributed by atoms with Crippen molar-refractivity contribution in [2.45, 2.75) is 13.5 Å². The van der Waals surface area contributed by atoms with Crippen molar-refractivity contribution in [3.63, 3.8) is 0 Å². The molecule has 0 aliphatic heterocycles. The molecule has 1 heterocycles. The van der Waals surface area contributed by atoms with Crippen LogP contribution in [-0.4, -0.2) is 12.1 Å². The number of aromatic nitrogens is 1. The number of hydrogen-bond acceptors (Lipinski definition) is 3. The van der Waals surface area contributed by atoms with Crippen LogP contribution in [-0.2, 0) is 6.54 Å². The molecule has 0 aliphatic rings. The van der Waals surface area contributed by atoms with Gasteiger partial charge in [0.25, 0.3) is 0 Å². The number of anilines is 1. The van der Waals surface area contributed by atoms with Gasteiger partial charge in [-0.25, -0.2) is 0 Å². The third kappa shape index (κ3) is 3.60. The van der Waals surface area contributed by atoms with Crippen LogP contribution in [0.1, 0.15) is 11.4 Å². The van der Waals surface area contributed by atoms with Crippen molar-refractivity contribution in [2.75, 3.05) is 12.4 Å². The summed E-state index contributed by atoms with van der Waals surface area (Å²) in [5.41, 5.74) is 3.04. The zero-order chi connectivity index (χ0) is 13.0. The largest absolute Gasteiger partial charge is 0.497 e. The zero-order valence-electron chi connectivity index (χ0n) is 10.4. The standard InChI is InChI=1S/C14H15IN2O/c1-10-7-14(18-2)8-13(17-10)9-16-12-5-3-11(15)4-6-12/h3-8,16H,9H2,1-2H3. The molecule has 1 aromatic heterocycles. The minimum Gasteiger partial charge on any atom is -0.497 e. The van der Waals surface area contributed by atoms with Gasteiger partial charge in [0.15, 0.2) is 0 Å².